The molecule has 1 amide bonds. The Bertz CT molecular complexity index is 556. The van der Waals surface area contributed by atoms with Gasteiger partial charge in [-0.1, -0.05) is 24.3 Å². The molecule has 1 aromatic rings. The summed E-state index contributed by atoms with van der Waals surface area (Å²) in [4.78, 5) is 14.5. The van der Waals surface area contributed by atoms with Crippen molar-refractivity contribution in [3.8, 4) is 0 Å². The fourth-order valence-electron chi connectivity index (χ4n) is 4.08. The van der Waals surface area contributed by atoms with E-state index in [0.717, 1.165) is 31.8 Å². The molecule has 0 spiro atoms. The number of carbonyl (C=O) groups is 1. The highest BCUT2D eigenvalue weighted by atomic mass is 16.5. The molecule has 2 aliphatic rings. The molecule has 1 atom stereocenters. The lowest BCUT2D eigenvalue weighted by atomic mass is 9.89. The van der Waals surface area contributed by atoms with Crippen LogP contribution >= 0.6 is 0 Å². The van der Waals surface area contributed by atoms with Gasteiger partial charge < -0.3 is 15.0 Å². The Hall–Kier alpha value is -1.39. The summed E-state index contributed by atoms with van der Waals surface area (Å²) in [6, 6.07) is 9.65. The molecule has 2 saturated heterocycles. The number of rotatable bonds is 7. The molecule has 1 N–H and O–H groups in total. The maximum Gasteiger partial charge on any atom is 0.249 e. The molecule has 2 aliphatic heterocycles. The minimum atomic E-state index is -0.223. The Morgan fingerprint density at radius 2 is 1.85 bits per heavy atom. The van der Waals surface area contributed by atoms with Gasteiger partial charge in [0.15, 0.2) is 0 Å². The van der Waals surface area contributed by atoms with Crippen LogP contribution in [0.15, 0.2) is 24.3 Å². The summed E-state index contributed by atoms with van der Waals surface area (Å²) < 4.78 is 5.41. The summed E-state index contributed by atoms with van der Waals surface area (Å²) in [6.45, 7) is 8.47. The van der Waals surface area contributed by atoms with Crippen LogP contribution in [0.1, 0.15) is 50.7 Å². The average molecular weight is 359 g/mol. The third-order valence-corrected chi connectivity index (χ3v) is 5.86. The maximum atomic E-state index is 11.9. The van der Waals surface area contributed by atoms with Crippen LogP contribution in [0.25, 0.3) is 0 Å². The van der Waals surface area contributed by atoms with E-state index in [0.29, 0.717) is 12.6 Å². The molecule has 3 rings (SSSR count). The number of nitrogens with zero attached hydrogens (tertiary/aromatic N) is 1. The van der Waals surface area contributed by atoms with Gasteiger partial charge >= 0.3 is 0 Å². The number of hydrogen-bond acceptors (Lipinski definition) is 3. The van der Waals surface area contributed by atoms with Crippen LogP contribution in [0.3, 0.4) is 0 Å². The van der Waals surface area contributed by atoms with Crippen molar-refractivity contribution < 1.29 is 9.53 Å². The van der Waals surface area contributed by atoms with Gasteiger partial charge in [-0.15, -0.1) is 0 Å². The van der Waals surface area contributed by atoms with Crippen LogP contribution < -0.4 is 5.32 Å². The van der Waals surface area contributed by atoms with Crippen LogP contribution in [0.5, 0.6) is 0 Å². The number of hydrogen-bond donors (Lipinski definition) is 1. The van der Waals surface area contributed by atoms with Crippen molar-refractivity contribution in [2.45, 2.75) is 64.5 Å². The van der Waals surface area contributed by atoms with Gasteiger partial charge in [0.2, 0.25) is 5.91 Å². The Morgan fingerprint density at radius 1 is 1.15 bits per heavy atom. The molecule has 144 valence electrons. The van der Waals surface area contributed by atoms with Gasteiger partial charge in [-0.2, -0.15) is 0 Å². The van der Waals surface area contributed by atoms with Gasteiger partial charge in [0.1, 0.15) is 6.10 Å². The molecule has 1 aromatic carbocycles. The lowest BCUT2D eigenvalue weighted by Gasteiger charge is -2.34. The van der Waals surface area contributed by atoms with Gasteiger partial charge in [0, 0.05) is 19.2 Å². The molecule has 1 unspecified atom stereocenters. The Kier molecular flexibility index (Phi) is 7.09. The fraction of sp³-hybridized carbons (Fsp3) is 0.682. The first kappa shape index (κ1) is 19.4. The zero-order valence-corrected chi connectivity index (χ0v) is 16.4. The summed E-state index contributed by atoms with van der Waals surface area (Å²) in [5, 5.41) is 3.00. The van der Waals surface area contributed by atoms with Crippen molar-refractivity contribution in [2.24, 2.45) is 5.92 Å². The van der Waals surface area contributed by atoms with Crippen LogP contribution in [0.4, 0.5) is 0 Å². The van der Waals surface area contributed by atoms with Crippen LogP contribution in [-0.2, 0) is 22.4 Å². The normalized spacial score (nSPS) is 22.0. The summed E-state index contributed by atoms with van der Waals surface area (Å²) in [5.41, 5.74) is 2.73. The Morgan fingerprint density at radius 3 is 2.46 bits per heavy atom. The number of piperidine rings is 1. The molecule has 0 aromatic heterocycles. The first-order chi connectivity index (χ1) is 12.6. The summed E-state index contributed by atoms with van der Waals surface area (Å²) in [7, 11) is 0. The topological polar surface area (TPSA) is 41.6 Å². The summed E-state index contributed by atoms with van der Waals surface area (Å²) in [6.07, 6.45) is 6.34. The van der Waals surface area contributed by atoms with E-state index in [1.54, 1.807) is 0 Å². The first-order valence-electron chi connectivity index (χ1n) is 10.3. The second kappa shape index (κ2) is 9.52. The molecular weight excluding hydrogens is 324 g/mol. The SMILES string of the molecule is CC(C)N1CCC(Cc2ccc(CCNC(=O)C3CCCO3)cc2)CC1. The van der Waals surface area contributed by atoms with E-state index in [9.17, 15) is 4.79 Å². The zero-order valence-electron chi connectivity index (χ0n) is 16.4. The quantitative estimate of drug-likeness (QED) is 0.814. The van der Waals surface area contributed by atoms with E-state index in [1.807, 2.05) is 0 Å². The molecule has 0 bridgehead atoms. The van der Waals surface area contributed by atoms with Gasteiger partial charge in [-0.05, 0) is 82.5 Å². The monoisotopic (exact) mass is 358 g/mol. The van der Waals surface area contributed by atoms with Gasteiger partial charge in [0.05, 0.1) is 0 Å². The van der Waals surface area contributed by atoms with Gasteiger partial charge in [-0.25, -0.2) is 0 Å². The molecule has 0 aliphatic carbocycles. The molecule has 2 heterocycles. The van der Waals surface area contributed by atoms with E-state index < -0.39 is 0 Å². The third kappa shape index (κ3) is 5.55. The smallest absolute Gasteiger partial charge is 0.249 e. The van der Waals surface area contributed by atoms with Crippen molar-refractivity contribution in [3.05, 3.63) is 35.4 Å². The molecule has 0 saturated carbocycles. The highest BCUT2D eigenvalue weighted by molar-refractivity contribution is 5.80. The second-order valence-electron chi connectivity index (χ2n) is 8.14. The van der Waals surface area contributed by atoms with Gasteiger partial charge in [-0.3, -0.25) is 4.79 Å². The molecule has 4 nitrogen and oxygen atoms in total. The Balaban J connectivity index is 1.37. The number of nitrogens with one attached hydrogen (secondary N) is 1. The summed E-state index contributed by atoms with van der Waals surface area (Å²) >= 11 is 0. The number of amides is 1. The van der Waals surface area contributed by atoms with Crippen LogP contribution in [-0.4, -0.2) is 49.2 Å². The van der Waals surface area contributed by atoms with Crippen molar-refractivity contribution >= 4 is 5.91 Å². The highest BCUT2D eigenvalue weighted by Crippen LogP contribution is 2.23. The lowest BCUT2D eigenvalue weighted by molar-refractivity contribution is -0.129. The minimum absolute atomic E-state index is 0.0480. The van der Waals surface area contributed by atoms with Crippen LogP contribution in [0.2, 0.25) is 0 Å². The number of likely N-dealkylation sites (tertiary alicyclic amines) is 1. The van der Waals surface area contributed by atoms with E-state index in [-0.39, 0.29) is 12.0 Å². The predicted octanol–water partition coefficient (Wildman–Crippen LogP) is 3.19. The van der Waals surface area contributed by atoms with E-state index in [4.69, 9.17) is 4.74 Å². The zero-order chi connectivity index (χ0) is 18.4. The number of ether oxygens (including phenoxy) is 1. The van der Waals surface area contributed by atoms with E-state index in [2.05, 4.69) is 48.3 Å². The third-order valence-electron chi connectivity index (χ3n) is 5.86. The average Bonchev–Trinajstić information content (AvgIpc) is 3.18. The molecular formula is C22H34N2O2. The Labute approximate surface area is 158 Å². The maximum absolute atomic E-state index is 11.9. The van der Waals surface area contributed by atoms with E-state index in [1.165, 1.54) is 43.5 Å². The molecule has 0 radical (unpaired) electrons. The van der Waals surface area contributed by atoms with Crippen molar-refractivity contribution in [3.63, 3.8) is 0 Å². The summed E-state index contributed by atoms with van der Waals surface area (Å²) in [5.74, 6) is 0.869. The second-order valence-corrected chi connectivity index (χ2v) is 8.14. The number of carbonyl (C=O) groups excluding carboxylic acids is 1. The fourth-order valence-corrected chi connectivity index (χ4v) is 4.08. The predicted molar refractivity (Wildman–Crippen MR) is 105 cm³/mol. The highest BCUT2D eigenvalue weighted by Gasteiger charge is 2.23. The number of benzene rings is 1. The molecule has 26 heavy (non-hydrogen) atoms. The standard InChI is InChI=1S/C22H34N2O2/c1-17(2)24-13-10-20(11-14-24)16-19-7-5-18(6-8-19)9-12-23-22(25)21-4-3-15-26-21/h5-8,17,20-21H,3-4,9-16H2,1-2H3,(H,23,25). The molecule has 4 heteroatoms. The van der Waals surface area contributed by atoms with Crippen molar-refractivity contribution in [1.29, 1.82) is 0 Å². The minimum Gasteiger partial charge on any atom is -0.368 e. The first-order valence-corrected chi connectivity index (χ1v) is 10.3. The molecule has 2 fully saturated rings. The lowest BCUT2D eigenvalue weighted by Crippen LogP contribution is -2.38. The van der Waals surface area contributed by atoms with Crippen LogP contribution in [0, 0.1) is 5.92 Å². The largest absolute Gasteiger partial charge is 0.368 e. The van der Waals surface area contributed by atoms with Crippen molar-refractivity contribution in [1.82, 2.24) is 10.2 Å². The van der Waals surface area contributed by atoms with Gasteiger partial charge in [0.25, 0.3) is 0 Å². The van der Waals surface area contributed by atoms with E-state index >= 15 is 0 Å². The van der Waals surface area contributed by atoms with Crippen molar-refractivity contribution in [2.75, 3.05) is 26.2 Å².